The second kappa shape index (κ2) is 7.15. The van der Waals surface area contributed by atoms with E-state index in [1.807, 2.05) is 0 Å². The summed E-state index contributed by atoms with van der Waals surface area (Å²) in [6.07, 6.45) is 0. The van der Waals surface area contributed by atoms with Crippen molar-refractivity contribution < 1.29 is 38.9 Å². The Morgan fingerprint density at radius 2 is 0.923 bits per heavy atom. The largest absolute Gasteiger partial charge is 0.545 e. The molecular weight excluding hydrogens is 344 g/mol. The summed E-state index contributed by atoms with van der Waals surface area (Å²) in [7, 11) is 0. The van der Waals surface area contributed by atoms with Crippen LogP contribution in [0.1, 0.15) is 83.0 Å². The van der Waals surface area contributed by atoms with Crippen LogP contribution in [0.3, 0.4) is 0 Å². The van der Waals surface area contributed by atoms with Crippen LogP contribution in [0.4, 0.5) is 0 Å². The lowest BCUT2D eigenvalue weighted by atomic mass is 9.97. The number of carbonyl (C=O) groups excluding carboxylic acids is 4. The van der Waals surface area contributed by atoms with Crippen LogP contribution in [0.15, 0.2) is 12.1 Å². The lowest BCUT2D eigenvalue weighted by Gasteiger charge is -2.23. The summed E-state index contributed by atoms with van der Waals surface area (Å²) in [4.78, 5) is 47.3. The van der Waals surface area contributed by atoms with Gasteiger partial charge in [-0.05, 0) is 53.7 Å². The Kier molecular flexibility index (Phi) is 5.81. The summed E-state index contributed by atoms with van der Waals surface area (Å²) in [5.74, 6) is -5.70. The van der Waals surface area contributed by atoms with Crippen molar-refractivity contribution in [2.75, 3.05) is 0 Å². The van der Waals surface area contributed by atoms with Gasteiger partial charge in [-0.1, -0.05) is 0 Å². The second-order valence-corrected chi connectivity index (χ2v) is 7.52. The van der Waals surface area contributed by atoms with E-state index in [0.29, 0.717) is 12.1 Å². The minimum absolute atomic E-state index is 0.563. The Morgan fingerprint density at radius 1 is 0.654 bits per heavy atom. The van der Waals surface area contributed by atoms with Gasteiger partial charge in [-0.25, -0.2) is 9.59 Å². The fraction of sp³-hybridized carbons (Fsp3) is 0.444. The summed E-state index contributed by atoms with van der Waals surface area (Å²) in [5, 5.41) is 22.8. The quantitative estimate of drug-likeness (QED) is 0.698. The number of carboxylic acid groups (broad SMARTS) is 2. The van der Waals surface area contributed by atoms with Crippen LogP contribution in [-0.2, 0) is 9.47 Å². The highest BCUT2D eigenvalue weighted by atomic mass is 16.6. The molecule has 0 saturated carbocycles. The molecule has 142 valence electrons. The van der Waals surface area contributed by atoms with Crippen LogP contribution >= 0.6 is 0 Å². The molecule has 0 spiro atoms. The first kappa shape index (κ1) is 21.1. The van der Waals surface area contributed by atoms with E-state index in [9.17, 15) is 29.4 Å². The second-order valence-electron chi connectivity index (χ2n) is 7.52. The zero-order valence-electron chi connectivity index (χ0n) is 15.4. The first-order valence-corrected chi connectivity index (χ1v) is 7.70. The molecule has 8 nitrogen and oxygen atoms in total. The predicted molar refractivity (Wildman–Crippen MR) is 85.4 cm³/mol. The van der Waals surface area contributed by atoms with E-state index >= 15 is 0 Å². The third-order valence-corrected chi connectivity index (χ3v) is 2.84. The maximum atomic E-state index is 12.2. The van der Waals surface area contributed by atoms with Crippen LogP contribution < -0.4 is 10.2 Å². The Bertz CT molecular complexity index is 697. The van der Waals surface area contributed by atoms with Crippen molar-refractivity contribution in [2.24, 2.45) is 0 Å². The zero-order valence-corrected chi connectivity index (χ0v) is 15.4. The smallest absolute Gasteiger partial charge is 0.339 e. The van der Waals surface area contributed by atoms with E-state index in [0.717, 1.165) is 0 Å². The maximum Gasteiger partial charge on any atom is 0.339 e. The van der Waals surface area contributed by atoms with Gasteiger partial charge >= 0.3 is 11.9 Å². The van der Waals surface area contributed by atoms with Crippen molar-refractivity contribution in [3.63, 3.8) is 0 Å². The van der Waals surface area contributed by atoms with Gasteiger partial charge in [0.1, 0.15) is 11.2 Å². The van der Waals surface area contributed by atoms with Crippen molar-refractivity contribution in [2.45, 2.75) is 52.7 Å². The Morgan fingerprint density at radius 3 is 1.12 bits per heavy atom. The zero-order chi connectivity index (χ0) is 20.4. The number of carbonyl (C=O) groups is 4. The normalized spacial score (nSPS) is 11.6. The predicted octanol–water partition coefficient (Wildman–Crippen LogP) is 0.324. The molecular formula is C18H20O8-2. The fourth-order valence-electron chi connectivity index (χ4n) is 1.94. The summed E-state index contributed by atoms with van der Waals surface area (Å²) in [5.41, 5.74) is -4.41. The van der Waals surface area contributed by atoms with Crippen LogP contribution in [0.2, 0.25) is 0 Å². The van der Waals surface area contributed by atoms with Gasteiger partial charge in [0.05, 0.1) is 23.1 Å². The molecule has 0 aliphatic rings. The van der Waals surface area contributed by atoms with Crippen molar-refractivity contribution in [3.05, 3.63) is 34.4 Å². The average molecular weight is 364 g/mol. The Labute approximate surface area is 150 Å². The molecule has 0 aliphatic carbocycles. The number of ether oxygens (including phenoxy) is 2. The maximum absolute atomic E-state index is 12.2. The first-order chi connectivity index (χ1) is 11.6. The number of hydrogen-bond donors (Lipinski definition) is 0. The molecule has 0 radical (unpaired) electrons. The topological polar surface area (TPSA) is 133 Å². The van der Waals surface area contributed by atoms with E-state index < -0.39 is 57.3 Å². The van der Waals surface area contributed by atoms with Gasteiger partial charge in [-0.2, -0.15) is 0 Å². The molecule has 1 aromatic carbocycles. The monoisotopic (exact) mass is 364 g/mol. The van der Waals surface area contributed by atoms with Crippen molar-refractivity contribution in [3.8, 4) is 0 Å². The number of esters is 2. The average Bonchev–Trinajstić information content (AvgIpc) is 2.41. The van der Waals surface area contributed by atoms with E-state index in [1.54, 1.807) is 41.5 Å². The summed E-state index contributed by atoms with van der Waals surface area (Å²) in [6.45, 7) is 9.32. The van der Waals surface area contributed by atoms with Crippen LogP contribution in [0.25, 0.3) is 0 Å². The molecule has 0 fully saturated rings. The van der Waals surface area contributed by atoms with Gasteiger partial charge in [0.15, 0.2) is 0 Å². The highest BCUT2D eigenvalue weighted by Crippen LogP contribution is 2.22. The van der Waals surface area contributed by atoms with Crippen LogP contribution in [-0.4, -0.2) is 35.1 Å². The highest BCUT2D eigenvalue weighted by molar-refractivity contribution is 6.09. The molecule has 8 heteroatoms. The van der Waals surface area contributed by atoms with E-state index in [-0.39, 0.29) is 0 Å². The van der Waals surface area contributed by atoms with Gasteiger partial charge in [0.25, 0.3) is 0 Å². The molecule has 0 aromatic heterocycles. The minimum Gasteiger partial charge on any atom is -0.545 e. The molecule has 0 bridgehead atoms. The number of hydrogen-bond acceptors (Lipinski definition) is 8. The van der Waals surface area contributed by atoms with Gasteiger partial charge in [-0.15, -0.1) is 0 Å². The molecule has 1 rings (SSSR count). The first-order valence-electron chi connectivity index (χ1n) is 7.70. The standard InChI is InChI=1S/C18H22O8/c1-17(2,3)25-15(23)11-7-10(14(21)22)12(8-9(11)13(19)20)16(24)26-18(4,5)6/h7-8H,1-6H3,(H,19,20)(H,21,22)/p-2. The Balaban J connectivity index is 3.59. The summed E-state index contributed by atoms with van der Waals surface area (Å²) < 4.78 is 10.1. The lowest BCUT2D eigenvalue weighted by molar-refractivity contribution is -0.256. The molecule has 0 aliphatic heterocycles. The highest BCUT2D eigenvalue weighted by Gasteiger charge is 2.26. The minimum atomic E-state index is -1.78. The van der Waals surface area contributed by atoms with Gasteiger partial charge in [-0.3, -0.25) is 0 Å². The Hall–Kier alpha value is -2.90. The van der Waals surface area contributed by atoms with Gasteiger partial charge in [0, 0.05) is 11.1 Å². The molecule has 0 atom stereocenters. The number of carboxylic acids is 2. The fourth-order valence-corrected chi connectivity index (χ4v) is 1.94. The van der Waals surface area contributed by atoms with E-state index in [4.69, 9.17) is 9.47 Å². The summed E-state index contributed by atoms with van der Waals surface area (Å²) >= 11 is 0. The molecule has 0 saturated heterocycles. The van der Waals surface area contributed by atoms with Gasteiger partial charge < -0.3 is 29.3 Å². The van der Waals surface area contributed by atoms with E-state index in [2.05, 4.69) is 0 Å². The molecule has 0 N–H and O–H groups in total. The van der Waals surface area contributed by atoms with Crippen LogP contribution in [0, 0.1) is 0 Å². The number of rotatable bonds is 4. The molecule has 0 amide bonds. The molecule has 0 unspecified atom stereocenters. The van der Waals surface area contributed by atoms with E-state index in [1.165, 1.54) is 0 Å². The molecule has 1 aromatic rings. The molecule has 26 heavy (non-hydrogen) atoms. The van der Waals surface area contributed by atoms with Crippen molar-refractivity contribution >= 4 is 23.9 Å². The lowest BCUT2D eigenvalue weighted by Crippen LogP contribution is -2.32. The van der Waals surface area contributed by atoms with Crippen LogP contribution in [0.5, 0.6) is 0 Å². The SMILES string of the molecule is CC(C)(C)OC(=O)c1cc(C(=O)[O-])c(C(=O)OC(C)(C)C)cc1C(=O)[O-]. The van der Waals surface area contributed by atoms with Gasteiger partial charge in [0.2, 0.25) is 0 Å². The third kappa shape index (κ3) is 5.58. The molecule has 0 heterocycles. The number of aromatic carboxylic acids is 2. The van der Waals surface area contributed by atoms with Crippen molar-refractivity contribution in [1.82, 2.24) is 0 Å². The van der Waals surface area contributed by atoms with Crippen molar-refractivity contribution in [1.29, 1.82) is 0 Å². The third-order valence-electron chi connectivity index (χ3n) is 2.84. The number of benzene rings is 1. The summed E-state index contributed by atoms with van der Waals surface area (Å²) in [6, 6.07) is 1.43.